The molecular weight excluding hydrogens is 422 g/mol. The number of rotatable bonds is 1. The Hall–Kier alpha value is -3.34. The standard InChI is InChI=1S/C8H7FN4.C5H3BrFN.C3H5N3/c9-6-3-7(5-11-4-6)13-2-1-8(10)12-13;6-4-1-5(7)3-8-2-4;4-3-1-2-5-6-3/h1-5H,(H2,10,12);1-3H;1-2H,(H3,4,5,6). The molecule has 0 aliphatic carbocycles. The van der Waals surface area contributed by atoms with Crippen LogP contribution in [-0.4, -0.2) is 29.9 Å². The van der Waals surface area contributed by atoms with Gasteiger partial charge in [0.05, 0.1) is 30.5 Å². The van der Waals surface area contributed by atoms with Crippen LogP contribution in [0.5, 0.6) is 0 Å². The third-order valence-electron chi connectivity index (χ3n) is 2.76. The molecule has 27 heavy (non-hydrogen) atoms. The summed E-state index contributed by atoms with van der Waals surface area (Å²) in [5.41, 5.74) is 11.1. The molecule has 0 aliphatic heterocycles. The Morgan fingerprint density at radius 1 is 0.963 bits per heavy atom. The SMILES string of the molecule is Fc1cncc(Br)c1.Nc1ccn(-c2cncc(F)c2)n1.Nc1ccn[nH]1. The van der Waals surface area contributed by atoms with Crippen molar-refractivity contribution in [1.29, 1.82) is 0 Å². The highest BCUT2D eigenvalue weighted by Gasteiger charge is 1.99. The number of nitrogens with one attached hydrogen (secondary N) is 1. The van der Waals surface area contributed by atoms with Crippen LogP contribution in [0.3, 0.4) is 0 Å². The second-order valence-electron chi connectivity index (χ2n) is 4.88. The van der Waals surface area contributed by atoms with Crippen molar-refractivity contribution in [3.63, 3.8) is 0 Å². The molecule has 0 unspecified atom stereocenters. The van der Waals surface area contributed by atoms with Crippen LogP contribution in [-0.2, 0) is 0 Å². The zero-order valence-electron chi connectivity index (χ0n) is 13.8. The third-order valence-corrected chi connectivity index (χ3v) is 3.19. The van der Waals surface area contributed by atoms with E-state index in [1.807, 2.05) is 0 Å². The number of halogens is 3. The van der Waals surface area contributed by atoms with Gasteiger partial charge < -0.3 is 11.5 Å². The summed E-state index contributed by atoms with van der Waals surface area (Å²) in [4.78, 5) is 7.26. The van der Waals surface area contributed by atoms with E-state index in [-0.39, 0.29) is 5.82 Å². The van der Waals surface area contributed by atoms with Crippen molar-refractivity contribution in [1.82, 2.24) is 29.9 Å². The summed E-state index contributed by atoms with van der Waals surface area (Å²) in [5.74, 6) is 0.283. The third kappa shape index (κ3) is 7.20. The number of hydrogen-bond donors (Lipinski definition) is 3. The van der Waals surface area contributed by atoms with Gasteiger partial charge in [-0.05, 0) is 28.1 Å². The molecule has 0 amide bonds. The van der Waals surface area contributed by atoms with Crippen LogP contribution < -0.4 is 11.5 Å². The lowest BCUT2D eigenvalue weighted by Crippen LogP contribution is -1.97. The summed E-state index contributed by atoms with van der Waals surface area (Å²) in [5, 5.41) is 10.0. The van der Waals surface area contributed by atoms with Gasteiger partial charge in [0.1, 0.15) is 23.3 Å². The molecule has 0 spiro atoms. The number of nitrogens with zero attached hydrogens (tertiary/aromatic N) is 5. The molecule has 140 valence electrons. The van der Waals surface area contributed by atoms with Gasteiger partial charge in [0.2, 0.25) is 0 Å². The van der Waals surface area contributed by atoms with E-state index in [0.29, 0.717) is 21.8 Å². The molecule has 11 heteroatoms. The monoisotopic (exact) mass is 436 g/mol. The fourth-order valence-electron chi connectivity index (χ4n) is 1.66. The number of nitrogen functional groups attached to an aromatic ring is 2. The van der Waals surface area contributed by atoms with Crippen LogP contribution in [0.1, 0.15) is 0 Å². The molecule has 0 bridgehead atoms. The van der Waals surface area contributed by atoms with E-state index < -0.39 is 5.82 Å². The number of anilines is 2. The summed E-state index contributed by atoms with van der Waals surface area (Å²) in [6.45, 7) is 0. The van der Waals surface area contributed by atoms with E-state index in [0.717, 1.165) is 12.4 Å². The fraction of sp³-hybridized carbons (Fsp3) is 0. The molecule has 0 saturated heterocycles. The second-order valence-corrected chi connectivity index (χ2v) is 5.80. The maximum absolute atomic E-state index is 12.7. The summed E-state index contributed by atoms with van der Waals surface area (Å²) < 4.78 is 26.9. The minimum absolute atomic E-state index is 0.320. The molecule has 0 atom stereocenters. The highest BCUT2D eigenvalue weighted by molar-refractivity contribution is 9.10. The van der Waals surface area contributed by atoms with Gasteiger partial charge in [0.15, 0.2) is 0 Å². The van der Waals surface area contributed by atoms with E-state index in [9.17, 15) is 8.78 Å². The Kier molecular flexibility index (Phi) is 7.37. The largest absolute Gasteiger partial charge is 0.384 e. The first-order valence-electron chi connectivity index (χ1n) is 7.37. The van der Waals surface area contributed by atoms with Crippen LogP contribution in [0, 0.1) is 11.6 Å². The zero-order chi connectivity index (χ0) is 19.6. The Balaban J connectivity index is 0.000000159. The number of hydrogen-bond acceptors (Lipinski definition) is 6. The van der Waals surface area contributed by atoms with Crippen molar-refractivity contribution < 1.29 is 8.78 Å². The van der Waals surface area contributed by atoms with Crippen molar-refractivity contribution in [3.8, 4) is 5.69 Å². The topological polar surface area (TPSA) is 124 Å². The van der Waals surface area contributed by atoms with Gasteiger partial charge >= 0.3 is 0 Å². The molecule has 0 aromatic carbocycles. The lowest BCUT2D eigenvalue weighted by Gasteiger charge is -1.98. The van der Waals surface area contributed by atoms with Gasteiger partial charge in [-0.1, -0.05) is 0 Å². The lowest BCUT2D eigenvalue weighted by atomic mass is 10.4. The molecule has 4 aromatic rings. The first-order chi connectivity index (χ1) is 12.9. The number of H-pyrrole nitrogens is 1. The molecule has 0 fully saturated rings. The van der Waals surface area contributed by atoms with E-state index in [1.165, 1.54) is 29.2 Å². The Morgan fingerprint density at radius 2 is 1.67 bits per heavy atom. The van der Waals surface area contributed by atoms with Crippen LogP contribution >= 0.6 is 15.9 Å². The average molecular weight is 437 g/mol. The molecule has 4 aromatic heterocycles. The number of nitrogens with two attached hydrogens (primary N) is 2. The van der Waals surface area contributed by atoms with Gasteiger partial charge in [0.25, 0.3) is 0 Å². The van der Waals surface area contributed by atoms with Gasteiger partial charge in [-0.25, -0.2) is 13.5 Å². The summed E-state index contributed by atoms with van der Waals surface area (Å²) in [7, 11) is 0. The Labute approximate surface area is 161 Å². The highest BCUT2D eigenvalue weighted by atomic mass is 79.9. The molecule has 0 saturated carbocycles. The molecule has 4 heterocycles. The van der Waals surface area contributed by atoms with E-state index in [2.05, 4.69) is 41.2 Å². The maximum atomic E-state index is 12.7. The van der Waals surface area contributed by atoms with Gasteiger partial charge in [0, 0.05) is 29.0 Å². The van der Waals surface area contributed by atoms with Gasteiger partial charge in [-0.15, -0.1) is 0 Å². The average Bonchev–Trinajstić information content (AvgIpc) is 3.27. The van der Waals surface area contributed by atoms with Crippen LogP contribution in [0.25, 0.3) is 5.69 Å². The van der Waals surface area contributed by atoms with E-state index in [4.69, 9.17) is 11.5 Å². The van der Waals surface area contributed by atoms with Crippen LogP contribution in [0.2, 0.25) is 0 Å². The zero-order valence-corrected chi connectivity index (χ0v) is 15.4. The Morgan fingerprint density at radius 3 is 2.07 bits per heavy atom. The van der Waals surface area contributed by atoms with Crippen LogP contribution in [0.4, 0.5) is 20.4 Å². The van der Waals surface area contributed by atoms with Crippen molar-refractivity contribution in [2.24, 2.45) is 0 Å². The minimum Gasteiger partial charge on any atom is -0.384 e. The van der Waals surface area contributed by atoms with Crippen molar-refractivity contribution in [2.45, 2.75) is 0 Å². The highest BCUT2D eigenvalue weighted by Crippen LogP contribution is 2.08. The number of aromatic amines is 1. The van der Waals surface area contributed by atoms with E-state index >= 15 is 0 Å². The smallest absolute Gasteiger partial charge is 0.145 e. The predicted molar refractivity (Wildman–Crippen MR) is 101 cm³/mol. The molecule has 4 rings (SSSR count). The van der Waals surface area contributed by atoms with Crippen LogP contribution in [0.15, 0.2) is 65.9 Å². The van der Waals surface area contributed by atoms with Crippen molar-refractivity contribution >= 4 is 27.6 Å². The first kappa shape index (κ1) is 20.0. The Bertz CT molecular complexity index is 941. The van der Waals surface area contributed by atoms with Gasteiger partial charge in [-0.3, -0.25) is 15.1 Å². The fourth-order valence-corrected chi connectivity index (χ4v) is 2.00. The second kappa shape index (κ2) is 9.97. The number of pyridine rings is 2. The maximum Gasteiger partial charge on any atom is 0.145 e. The normalized spacial score (nSPS) is 9.59. The van der Waals surface area contributed by atoms with Gasteiger partial charge in [-0.2, -0.15) is 10.2 Å². The quantitative estimate of drug-likeness (QED) is 0.421. The first-order valence-corrected chi connectivity index (χ1v) is 8.16. The lowest BCUT2D eigenvalue weighted by molar-refractivity contribution is 0.618. The predicted octanol–water partition coefficient (Wildman–Crippen LogP) is 2.96. The molecule has 0 aliphatic rings. The summed E-state index contributed by atoms with van der Waals surface area (Å²) >= 11 is 3.06. The molecular formula is C16H15BrF2N8. The van der Waals surface area contributed by atoms with Crippen molar-refractivity contribution in [2.75, 3.05) is 11.5 Å². The van der Waals surface area contributed by atoms with Crippen molar-refractivity contribution in [3.05, 3.63) is 77.6 Å². The molecule has 8 nitrogen and oxygen atoms in total. The summed E-state index contributed by atoms with van der Waals surface area (Å²) in [6.07, 6.45) is 8.58. The van der Waals surface area contributed by atoms with E-state index in [1.54, 1.807) is 24.5 Å². The summed E-state index contributed by atoms with van der Waals surface area (Å²) in [6, 6.07) is 6.01. The minimum atomic E-state index is -0.397. The molecule has 5 N–H and O–H groups in total. The number of aromatic nitrogens is 6. The molecule has 0 radical (unpaired) electrons.